The number of nitrogens with two attached hydrogens (primary N) is 1. The van der Waals surface area contributed by atoms with Gasteiger partial charge in [-0.25, -0.2) is 0 Å². The number of allylic oxidation sites excluding steroid dienone is 2. The molecule has 0 radical (unpaired) electrons. The van der Waals surface area contributed by atoms with Crippen LogP contribution in [0.2, 0.25) is 0 Å². The molecular weight excluding hydrogens is 388 g/mol. The Morgan fingerprint density at radius 1 is 1.00 bits per heavy atom. The summed E-state index contributed by atoms with van der Waals surface area (Å²) in [6.45, 7) is 14.2. The monoisotopic (exact) mass is 440 g/mol. The molecule has 4 fully saturated rings. The van der Waals surface area contributed by atoms with Crippen molar-refractivity contribution in [1.29, 1.82) is 0 Å². The lowest BCUT2D eigenvalue weighted by molar-refractivity contribution is -0.0170. The Labute approximate surface area is 199 Å². The van der Waals surface area contributed by atoms with E-state index in [1.807, 2.05) is 5.57 Å². The van der Waals surface area contributed by atoms with Crippen LogP contribution >= 0.6 is 0 Å². The molecule has 0 aromatic rings. The predicted molar refractivity (Wildman–Crippen MR) is 136 cm³/mol. The van der Waals surface area contributed by atoms with Crippen LogP contribution in [-0.4, -0.2) is 30.6 Å². The first-order valence-electron chi connectivity index (χ1n) is 14.3. The van der Waals surface area contributed by atoms with Crippen molar-refractivity contribution in [2.24, 2.45) is 58.0 Å². The first-order chi connectivity index (χ1) is 15.2. The second-order valence-corrected chi connectivity index (χ2v) is 13.9. The van der Waals surface area contributed by atoms with Crippen molar-refractivity contribution in [3.8, 4) is 0 Å². The summed E-state index contributed by atoms with van der Waals surface area (Å²) < 4.78 is 0. The van der Waals surface area contributed by atoms with Gasteiger partial charge in [0.05, 0.1) is 0 Å². The maximum absolute atomic E-state index is 6.68. The summed E-state index contributed by atoms with van der Waals surface area (Å²) in [7, 11) is 2.39. The van der Waals surface area contributed by atoms with Crippen molar-refractivity contribution in [3.05, 3.63) is 11.6 Å². The zero-order valence-corrected chi connectivity index (χ0v) is 22.1. The average molecular weight is 441 g/mol. The van der Waals surface area contributed by atoms with E-state index in [9.17, 15) is 0 Å². The first kappa shape index (κ1) is 23.4. The van der Waals surface area contributed by atoms with Crippen LogP contribution in [0, 0.1) is 52.3 Å². The molecule has 2 heteroatoms. The Hall–Kier alpha value is -0.340. The van der Waals surface area contributed by atoms with E-state index in [1.165, 1.54) is 70.8 Å². The molecule has 0 spiro atoms. The molecule has 0 bridgehead atoms. The highest BCUT2D eigenvalue weighted by Crippen LogP contribution is 2.67. The number of rotatable bonds is 4. The number of hydrogen-bond acceptors (Lipinski definition) is 2. The molecule has 0 amide bonds. The molecule has 5 rings (SSSR count). The maximum atomic E-state index is 6.68. The van der Waals surface area contributed by atoms with Gasteiger partial charge in [0.1, 0.15) is 0 Å². The molecule has 1 aliphatic heterocycles. The Kier molecular flexibility index (Phi) is 6.14. The minimum Gasteiger partial charge on any atom is -0.327 e. The quantitative estimate of drug-likeness (QED) is 0.482. The van der Waals surface area contributed by atoms with Gasteiger partial charge in [0.15, 0.2) is 0 Å². The van der Waals surface area contributed by atoms with E-state index >= 15 is 0 Å². The SMILES string of the molecule is CC(C)C1CCN(C)C1C[C@H](C)[C@H]1CC[C@H]2C3=CC[C@H]4[C@H](N)CCC[C@]4(C)C3CC[C@]12C. The van der Waals surface area contributed by atoms with Crippen molar-refractivity contribution in [2.75, 3.05) is 13.6 Å². The minimum absolute atomic E-state index is 0.438. The van der Waals surface area contributed by atoms with Gasteiger partial charge < -0.3 is 10.6 Å². The van der Waals surface area contributed by atoms with Crippen LogP contribution in [0.3, 0.4) is 0 Å². The standard InChI is InChI=1S/C30H52N2/c1-19(2)21-14-17-32(6)28(21)18-20(3)23-11-12-24-22-9-10-26-27(31)8-7-15-29(26,4)25(22)13-16-30(23,24)5/h9,19-21,23-28H,7-8,10-18,31H2,1-6H3/t20-,21?,23+,24-,25?,26-,27+,28?,29+,30+/m0/s1. The minimum atomic E-state index is 0.438. The van der Waals surface area contributed by atoms with Gasteiger partial charge in [0, 0.05) is 12.1 Å². The molecule has 1 heterocycles. The molecule has 0 aromatic carbocycles. The topological polar surface area (TPSA) is 29.3 Å². The van der Waals surface area contributed by atoms with Gasteiger partial charge in [-0.2, -0.15) is 0 Å². The van der Waals surface area contributed by atoms with Crippen LogP contribution in [0.5, 0.6) is 0 Å². The molecular formula is C30H52N2. The van der Waals surface area contributed by atoms with Gasteiger partial charge in [-0.3, -0.25) is 0 Å². The Morgan fingerprint density at radius 2 is 1.75 bits per heavy atom. The van der Waals surface area contributed by atoms with Gasteiger partial charge in [-0.1, -0.05) is 52.7 Å². The lowest BCUT2D eigenvalue weighted by atomic mass is 9.47. The number of likely N-dealkylation sites (tertiary alicyclic amines) is 1. The van der Waals surface area contributed by atoms with Crippen LogP contribution in [0.15, 0.2) is 11.6 Å². The van der Waals surface area contributed by atoms with Crippen molar-refractivity contribution < 1.29 is 0 Å². The van der Waals surface area contributed by atoms with Crippen LogP contribution in [0.4, 0.5) is 0 Å². The summed E-state index contributed by atoms with van der Waals surface area (Å²) in [6.07, 6.45) is 16.7. The predicted octanol–water partition coefficient (Wildman–Crippen LogP) is 6.90. The van der Waals surface area contributed by atoms with E-state index in [2.05, 4.69) is 52.6 Å². The highest BCUT2D eigenvalue weighted by Gasteiger charge is 2.58. The third kappa shape index (κ3) is 3.48. The van der Waals surface area contributed by atoms with Crippen LogP contribution in [-0.2, 0) is 0 Å². The van der Waals surface area contributed by atoms with Gasteiger partial charge in [-0.15, -0.1) is 0 Å². The van der Waals surface area contributed by atoms with E-state index in [0.717, 1.165) is 47.5 Å². The van der Waals surface area contributed by atoms with Crippen LogP contribution in [0.1, 0.15) is 98.8 Å². The molecule has 3 unspecified atom stereocenters. The van der Waals surface area contributed by atoms with E-state index < -0.39 is 0 Å². The average Bonchev–Trinajstić information content (AvgIpc) is 3.27. The Bertz CT molecular complexity index is 726. The van der Waals surface area contributed by atoms with Crippen LogP contribution < -0.4 is 5.73 Å². The Morgan fingerprint density at radius 3 is 2.50 bits per heavy atom. The smallest absolute Gasteiger partial charge is 0.0126 e. The number of nitrogens with zero attached hydrogens (tertiary/aromatic N) is 1. The normalized spacial score (nSPS) is 50.0. The van der Waals surface area contributed by atoms with Gasteiger partial charge >= 0.3 is 0 Å². The van der Waals surface area contributed by atoms with Crippen molar-refractivity contribution in [1.82, 2.24) is 4.90 Å². The molecule has 3 saturated carbocycles. The van der Waals surface area contributed by atoms with Crippen molar-refractivity contribution >= 4 is 0 Å². The molecule has 10 atom stereocenters. The fourth-order valence-corrected chi connectivity index (χ4v) is 10.4. The molecule has 32 heavy (non-hydrogen) atoms. The van der Waals surface area contributed by atoms with Crippen LogP contribution in [0.25, 0.3) is 0 Å². The number of hydrogen-bond donors (Lipinski definition) is 1. The largest absolute Gasteiger partial charge is 0.327 e. The lowest BCUT2D eigenvalue weighted by Gasteiger charge is -2.58. The molecule has 0 aromatic heterocycles. The van der Waals surface area contributed by atoms with E-state index in [0.29, 0.717) is 16.9 Å². The fraction of sp³-hybridized carbons (Fsp3) is 0.933. The summed E-state index contributed by atoms with van der Waals surface area (Å²) in [5.41, 5.74) is 9.59. The highest BCUT2D eigenvalue weighted by molar-refractivity contribution is 5.28. The third-order valence-electron chi connectivity index (χ3n) is 12.2. The zero-order chi connectivity index (χ0) is 22.8. The Balaban J connectivity index is 1.35. The summed E-state index contributed by atoms with van der Waals surface area (Å²) in [4.78, 5) is 2.70. The second-order valence-electron chi connectivity index (χ2n) is 13.9. The summed E-state index contributed by atoms with van der Waals surface area (Å²) in [5, 5.41) is 0. The van der Waals surface area contributed by atoms with E-state index in [1.54, 1.807) is 0 Å². The molecule has 5 aliphatic rings. The number of fused-ring (bicyclic) bond motifs is 5. The van der Waals surface area contributed by atoms with Gasteiger partial charge in [-0.05, 0) is 124 Å². The fourth-order valence-electron chi connectivity index (χ4n) is 10.4. The van der Waals surface area contributed by atoms with Crippen molar-refractivity contribution in [2.45, 2.75) is 111 Å². The molecule has 4 aliphatic carbocycles. The molecule has 2 nitrogen and oxygen atoms in total. The van der Waals surface area contributed by atoms with Gasteiger partial charge in [0.2, 0.25) is 0 Å². The first-order valence-corrected chi connectivity index (χ1v) is 14.3. The summed E-state index contributed by atoms with van der Waals surface area (Å²) in [6, 6.07) is 1.25. The maximum Gasteiger partial charge on any atom is 0.0126 e. The lowest BCUT2D eigenvalue weighted by Crippen LogP contribution is -2.53. The van der Waals surface area contributed by atoms with Gasteiger partial charge in [0.25, 0.3) is 0 Å². The zero-order valence-electron chi connectivity index (χ0n) is 22.1. The highest BCUT2D eigenvalue weighted by atomic mass is 15.2. The molecule has 1 saturated heterocycles. The van der Waals surface area contributed by atoms with E-state index in [4.69, 9.17) is 5.73 Å². The summed E-state index contributed by atoms with van der Waals surface area (Å²) >= 11 is 0. The summed E-state index contributed by atoms with van der Waals surface area (Å²) in [5.74, 6) is 5.90. The molecule has 2 N–H and O–H groups in total. The van der Waals surface area contributed by atoms with E-state index in [-0.39, 0.29) is 0 Å². The molecule has 182 valence electrons. The third-order valence-corrected chi connectivity index (χ3v) is 12.2. The second kappa shape index (κ2) is 8.40. The van der Waals surface area contributed by atoms with Crippen molar-refractivity contribution in [3.63, 3.8) is 0 Å².